The van der Waals surface area contributed by atoms with E-state index < -0.39 is 5.82 Å². The van der Waals surface area contributed by atoms with E-state index in [1.807, 2.05) is 30.9 Å². The van der Waals surface area contributed by atoms with Gasteiger partial charge in [0.2, 0.25) is 5.91 Å². The molecule has 5 aromatic rings. The molecule has 4 aromatic heterocycles. The Morgan fingerprint density at radius 2 is 1.90 bits per heavy atom. The summed E-state index contributed by atoms with van der Waals surface area (Å²) in [4.78, 5) is 34.0. The Balaban J connectivity index is 1.26. The predicted molar refractivity (Wildman–Crippen MR) is 153 cm³/mol. The van der Waals surface area contributed by atoms with Crippen molar-refractivity contribution in [3.05, 3.63) is 79.3 Å². The van der Waals surface area contributed by atoms with Gasteiger partial charge in [0.15, 0.2) is 17.3 Å². The van der Waals surface area contributed by atoms with E-state index in [0.29, 0.717) is 52.7 Å². The Hall–Kier alpha value is -5.13. The first-order chi connectivity index (χ1) is 19.8. The van der Waals surface area contributed by atoms with Crippen molar-refractivity contribution in [2.45, 2.75) is 32.9 Å². The summed E-state index contributed by atoms with van der Waals surface area (Å²) in [5, 5.41) is 7.17. The van der Waals surface area contributed by atoms with Gasteiger partial charge in [0.25, 0.3) is 0 Å². The zero-order valence-electron chi connectivity index (χ0n) is 22.8. The summed E-state index contributed by atoms with van der Waals surface area (Å²) in [6, 6.07) is 10.5. The molecule has 6 rings (SSSR count). The second kappa shape index (κ2) is 10.5. The smallest absolute Gasteiger partial charge is 0.246 e. The van der Waals surface area contributed by atoms with Gasteiger partial charge in [-0.15, -0.1) is 0 Å². The number of anilines is 3. The number of amides is 1. The number of piperazine rings is 1. The van der Waals surface area contributed by atoms with Crippen LogP contribution in [0.15, 0.2) is 67.9 Å². The van der Waals surface area contributed by atoms with Crippen LogP contribution in [0.4, 0.5) is 21.7 Å². The number of hydrogen-bond donors (Lipinski definition) is 1. The van der Waals surface area contributed by atoms with Crippen LogP contribution in [-0.4, -0.2) is 65.5 Å². The number of fused-ring (bicyclic) bond motifs is 2. The van der Waals surface area contributed by atoms with Crippen molar-refractivity contribution in [3.8, 4) is 11.5 Å². The van der Waals surface area contributed by atoms with E-state index in [1.165, 1.54) is 18.7 Å². The van der Waals surface area contributed by atoms with E-state index in [0.717, 1.165) is 5.82 Å². The first kappa shape index (κ1) is 26.1. The molecular formula is C29H28FN9O2. The second-order valence-electron chi connectivity index (χ2n) is 10.0. The topological polar surface area (TPSA) is 114 Å². The number of aromatic nitrogens is 6. The Labute approximate surface area is 235 Å². The number of nitrogens with zero attached hydrogens (tertiary/aromatic N) is 8. The highest BCUT2D eigenvalue weighted by molar-refractivity contribution is 5.89. The highest BCUT2D eigenvalue weighted by Gasteiger charge is 2.32. The van der Waals surface area contributed by atoms with Gasteiger partial charge in [0, 0.05) is 43.0 Å². The van der Waals surface area contributed by atoms with Crippen LogP contribution in [0.2, 0.25) is 0 Å². The van der Waals surface area contributed by atoms with Crippen LogP contribution < -0.4 is 15.0 Å². The molecule has 1 aliphatic heterocycles. The van der Waals surface area contributed by atoms with Crippen LogP contribution in [0.5, 0.6) is 11.5 Å². The quantitative estimate of drug-likeness (QED) is 0.300. The lowest BCUT2D eigenvalue weighted by Crippen LogP contribution is -2.58. The third kappa shape index (κ3) is 4.88. The lowest BCUT2D eigenvalue weighted by Gasteiger charge is -2.44. The largest absolute Gasteiger partial charge is 0.457 e. The molecule has 41 heavy (non-hydrogen) atoms. The minimum atomic E-state index is -0.473. The van der Waals surface area contributed by atoms with Crippen molar-refractivity contribution in [2.24, 2.45) is 0 Å². The van der Waals surface area contributed by atoms with E-state index in [2.05, 4.69) is 36.8 Å². The fraction of sp³-hybridized carbons (Fsp3) is 0.241. The molecule has 0 bridgehead atoms. The van der Waals surface area contributed by atoms with E-state index in [1.54, 1.807) is 41.9 Å². The molecule has 1 aromatic carbocycles. The molecule has 1 amide bonds. The molecule has 5 heterocycles. The predicted octanol–water partition coefficient (Wildman–Crippen LogP) is 4.66. The summed E-state index contributed by atoms with van der Waals surface area (Å²) in [6.45, 7) is 10.5. The van der Waals surface area contributed by atoms with Crippen LogP contribution in [0, 0.1) is 12.7 Å². The first-order valence-electron chi connectivity index (χ1n) is 13.2. The van der Waals surface area contributed by atoms with Gasteiger partial charge >= 0.3 is 0 Å². The molecule has 11 nitrogen and oxygen atoms in total. The number of pyridine rings is 2. The zero-order chi connectivity index (χ0) is 28.7. The third-order valence-electron chi connectivity index (χ3n) is 7.21. The molecular weight excluding hydrogens is 525 g/mol. The molecule has 0 saturated carbocycles. The van der Waals surface area contributed by atoms with Gasteiger partial charge in [-0.05, 0) is 57.2 Å². The number of nitrogens with one attached hydrogen (secondary N) is 1. The molecule has 1 saturated heterocycles. The van der Waals surface area contributed by atoms with Crippen LogP contribution in [0.25, 0.3) is 16.7 Å². The van der Waals surface area contributed by atoms with Crippen molar-refractivity contribution in [1.82, 2.24) is 34.4 Å². The summed E-state index contributed by atoms with van der Waals surface area (Å²) in [6.07, 6.45) is 5.94. The Morgan fingerprint density at radius 1 is 1.10 bits per heavy atom. The second-order valence-corrected chi connectivity index (χ2v) is 10.0. The van der Waals surface area contributed by atoms with Gasteiger partial charge in [-0.2, -0.15) is 5.10 Å². The lowest BCUT2D eigenvalue weighted by molar-refractivity contribution is -0.130. The summed E-state index contributed by atoms with van der Waals surface area (Å²) < 4.78 is 23.1. The number of rotatable bonds is 6. The molecule has 12 heteroatoms. The molecule has 0 aliphatic carbocycles. The van der Waals surface area contributed by atoms with Crippen molar-refractivity contribution >= 4 is 39.9 Å². The fourth-order valence-electron chi connectivity index (χ4n) is 5.24. The van der Waals surface area contributed by atoms with E-state index >= 15 is 4.39 Å². The molecule has 0 radical (unpaired) electrons. The van der Waals surface area contributed by atoms with Gasteiger partial charge in [0.05, 0.1) is 11.2 Å². The van der Waals surface area contributed by atoms with Crippen molar-refractivity contribution in [2.75, 3.05) is 23.3 Å². The standard InChI is InChI=1S/C29H28FN9O2/c1-5-26(40)39-17(2)13-37(14-18(39)3)24-9-7-22-28(36-24)29(33-15-31-22)35-21-6-8-23(19(4)27(21)30)41-20-10-11-38-25(12-20)32-16-34-38/h5-12,15-18H,1,13-14H2,2-4H3,(H,31,33,35)/t17-,18+. The van der Waals surface area contributed by atoms with Gasteiger partial charge in [-0.25, -0.2) is 28.8 Å². The molecule has 2 atom stereocenters. The van der Waals surface area contributed by atoms with E-state index in [9.17, 15) is 4.79 Å². The minimum absolute atomic E-state index is 0.0255. The maximum atomic E-state index is 15.6. The molecule has 1 aliphatic rings. The van der Waals surface area contributed by atoms with Crippen LogP contribution in [-0.2, 0) is 4.79 Å². The third-order valence-corrected chi connectivity index (χ3v) is 7.21. The number of ether oxygens (including phenoxy) is 1. The highest BCUT2D eigenvalue weighted by atomic mass is 19.1. The first-order valence-corrected chi connectivity index (χ1v) is 13.2. The average Bonchev–Trinajstić information content (AvgIpc) is 3.44. The number of carbonyl (C=O) groups is 1. The summed E-state index contributed by atoms with van der Waals surface area (Å²) in [7, 11) is 0. The van der Waals surface area contributed by atoms with Crippen molar-refractivity contribution in [3.63, 3.8) is 0 Å². The van der Waals surface area contributed by atoms with Crippen molar-refractivity contribution in [1.29, 1.82) is 0 Å². The molecule has 208 valence electrons. The lowest BCUT2D eigenvalue weighted by atomic mass is 10.1. The number of carbonyl (C=O) groups excluding carboxylic acids is 1. The van der Waals surface area contributed by atoms with Crippen LogP contribution >= 0.6 is 0 Å². The number of halogens is 1. The minimum Gasteiger partial charge on any atom is -0.457 e. The molecule has 1 fully saturated rings. The summed E-state index contributed by atoms with van der Waals surface area (Å²) in [5.41, 5.74) is 2.31. The summed E-state index contributed by atoms with van der Waals surface area (Å²) >= 11 is 0. The zero-order valence-corrected chi connectivity index (χ0v) is 22.8. The van der Waals surface area contributed by atoms with Gasteiger partial charge in [-0.1, -0.05) is 6.58 Å². The Bertz CT molecular complexity index is 1780. The molecule has 1 N–H and O–H groups in total. The van der Waals surface area contributed by atoms with Gasteiger partial charge in [-0.3, -0.25) is 4.79 Å². The maximum Gasteiger partial charge on any atom is 0.246 e. The van der Waals surface area contributed by atoms with Gasteiger partial charge in [0.1, 0.15) is 35.5 Å². The van der Waals surface area contributed by atoms with Crippen LogP contribution in [0.3, 0.4) is 0 Å². The van der Waals surface area contributed by atoms with Crippen molar-refractivity contribution < 1.29 is 13.9 Å². The average molecular weight is 554 g/mol. The molecule has 0 spiro atoms. The fourth-order valence-corrected chi connectivity index (χ4v) is 5.24. The summed E-state index contributed by atoms with van der Waals surface area (Å²) in [5.74, 6) is 1.45. The van der Waals surface area contributed by atoms with E-state index in [4.69, 9.17) is 9.72 Å². The van der Waals surface area contributed by atoms with Crippen LogP contribution in [0.1, 0.15) is 19.4 Å². The molecule has 0 unspecified atom stereocenters. The maximum absolute atomic E-state index is 15.6. The highest BCUT2D eigenvalue weighted by Crippen LogP contribution is 2.33. The van der Waals surface area contributed by atoms with Gasteiger partial charge < -0.3 is 19.9 Å². The number of benzene rings is 1. The SMILES string of the molecule is C=CC(=O)N1[C@H](C)CN(c2ccc3ncnc(Nc4ccc(Oc5ccn6ncnc6c5)c(C)c4F)c3n2)C[C@@H]1C. The number of hydrogen-bond acceptors (Lipinski definition) is 9. The monoisotopic (exact) mass is 553 g/mol. The van der Waals surface area contributed by atoms with E-state index in [-0.39, 0.29) is 23.7 Å². The normalized spacial score (nSPS) is 17.2. The Kier molecular flexibility index (Phi) is 6.66. The Morgan fingerprint density at radius 3 is 2.68 bits per heavy atom.